The summed E-state index contributed by atoms with van der Waals surface area (Å²) < 4.78 is 6.26. The third kappa shape index (κ3) is 5.63. The molecule has 0 aliphatic heterocycles. The summed E-state index contributed by atoms with van der Waals surface area (Å²) in [6, 6.07) is 15.1. The minimum Gasteiger partial charge on any atom is -0.454 e. The smallest absolute Gasteiger partial charge is 0.325 e. The minimum absolute atomic E-state index is 0.131. The van der Waals surface area contributed by atoms with Crippen molar-refractivity contribution in [2.45, 2.75) is 0 Å². The van der Waals surface area contributed by atoms with E-state index in [-0.39, 0.29) is 22.0 Å². The van der Waals surface area contributed by atoms with E-state index in [2.05, 4.69) is 15.7 Å². The fourth-order valence-electron chi connectivity index (χ4n) is 2.60. The Balaban J connectivity index is 1.54. The molecule has 2 aromatic carbocycles. The molecule has 3 rings (SSSR count). The van der Waals surface area contributed by atoms with Crippen LogP contribution in [0.25, 0.3) is 5.69 Å². The number of carbonyl (C=O) groups excluding carboxylic acids is 3. The van der Waals surface area contributed by atoms with Crippen LogP contribution in [0, 0.1) is 11.3 Å². The van der Waals surface area contributed by atoms with E-state index in [0.29, 0.717) is 10.7 Å². The maximum Gasteiger partial charge on any atom is 0.325 e. The van der Waals surface area contributed by atoms with Crippen molar-refractivity contribution in [3.05, 3.63) is 75.9 Å². The molecular formula is C21H15Cl2N5O4. The summed E-state index contributed by atoms with van der Waals surface area (Å²) in [4.78, 5) is 36.2. The maximum atomic E-state index is 12.2. The van der Waals surface area contributed by atoms with Crippen molar-refractivity contribution in [1.29, 1.82) is 5.26 Å². The average Bonchev–Trinajstić information content (AvgIpc) is 3.19. The fourth-order valence-corrected chi connectivity index (χ4v) is 3.10. The molecule has 2 amide bonds. The molecule has 162 valence electrons. The van der Waals surface area contributed by atoms with Gasteiger partial charge in [0.2, 0.25) is 0 Å². The van der Waals surface area contributed by atoms with E-state index in [1.165, 1.54) is 29.1 Å². The normalized spacial score (nSPS) is 10.2. The lowest BCUT2D eigenvalue weighted by Crippen LogP contribution is -2.32. The minimum atomic E-state index is -0.837. The first kappa shape index (κ1) is 22.8. The fraction of sp³-hybridized carbons (Fsp3) is 0.0952. The van der Waals surface area contributed by atoms with E-state index in [0.717, 1.165) is 0 Å². The Hall–Kier alpha value is -3.87. The summed E-state index contributed by atoms with van der Waals surface area (Å²) in [5.41, 5.74) is 0.908. The summed E-state index contributed by atoms with van der Waals surface area (Å²) in [7, 11) is 0. The Morgan fingerprint density at radius 2 is 1.88 bits per heavy atom. The molecule has 11 heteroatoms. The van der Waals surface area contributed by atoms with Crippen molar-refractivity contribution in [2.24, 2.45) is 0 Å². The molecule has 1 aromatic heterocycles. The predicted molar refractivity (Wildman–Crippen MR) is 117 cm³/mol. The van der Waals surface area contributed by atoms with Crippen LogP contribution in [0.3, 0.4) is 0 Å². The number of ether oxygens (including phenoxy) is 1. The number of amides is 2. The Morgan fingerprint density at radius 1 is 1.12 bits per heavy atom. The van der Waals surface area contributed by atoms with Crippen LogP contribution in [-0.4, -0.2) is 40.7 Å². The molecule has 1 heterocycles. The number of benzene rings is 2. The number of nitrogens with zero attached hydrogens (tertiary/aromatic N) is 3. The van der Waals surface area contributed by atoms with E-state index in [9.17, 15) is 19.6 Å². The standard InChI is InChI=1S/C21H15Cl2N5O4/c22-14-6-7-16(17(23)8-14)21(31)25-11-19(30)32-12-18(29)27-20-13(9-24)10-26-28(20)15-4-2-1-3-5-15/h1-8,10H,11-12H2,(H,25,31)(H,27,29). The van der Waals surface area contributed by atoms with Crippen molar-refractivity contribution in [3.8, 4) is 11.8 Å². The molecule has 0 atom stereocenters. The number of nitrogens with one attached hydrogen (secondary N) is 2. The van der Waals surface area contributed by atoms with Gasteiger partial charge in [-0.2, -0.15) is 10.4 Å². The molecule has 0 aliphatic rings. The molecule has 0 saturated heterocycles. The number of para-hydroxylation sites is 1. The first-order valence-corrected chi connectivity index (χ1v) is 9.87. The monoisotopic (exact) mass is 471 g/mol. The van der Waals surface area contributed by atoms with Crippen LogP contribution in [0.5, 0.6) is 0 Å². The highest BCUT2D eigenvalue weighted by Gasteiger charge is 2.17. The van der Waals surface area contributed by atoms with Crippen LogP contribution in [0.4, 0.5) is 5.82 Å². The van der Waals surface area contributed by atoms with E-state index < -0.39 is 30.9 Å². The summed E-state index contributed by atoms with van der Waals surface area (Å²) >= 11 is 11.7. The topological polar surface area (TPSA) is 126 Å². The van der Waals surface area contributed by atoms with Gasteiger partial charge in [-0.1, -0.05) is 41.4 Å². The van der Waals surface area contributed by atoms with Crippen LogP contribution < -0.4 is 10.6 Å². The van der Waals surface area contributed by atoms with E-state index in [1.807, 2.05) is 12.1 Å². The zero-order chi connectivity index (χ0) is 23.1. The van der Waals surface area contributed by atoms with Crippen molar-refractivity contribution in [3.63, 3.8) is 0 Å². The summed E-state index contributed by atoms with van der Waals surface area (Å²) in [6.45, 7) is -1.10. The maximum absolute atomic E-state index is 12.2. The van der Waals surface area contributed by atoms with Gasteiger partial charge in [0.05, 0.1) is 22.5 Å². The molecule has 32 heavy (non-hydrogen) atoms. The number of rotatable bonds is 7. The Kier molecular flexibility index (Phi) is 7.44. The highest BCUT2D eigenvalue weighted by molar-refractivity contribution is 6.36. The van der Waals surface area contributed by atoms with Gasteiger partial charge in [-0.25, -0.2) is 4.68 Å². The highest BCUT2D eigenvalue weighted by Crippen LogP contribution is 2.21. The second-order valence-electron chi connectivity index (χ2n) is 6.28. The Labute approximate surface area is 192 Å². The molecule has 0 bridgehead atoms. The third-order valence-electron chi connectivity index (χ3n) is 4.08. The van der Waals surface area contributed by atoms with Crippen LogP contribution in [0.1, 0.15) is 15.9 Å². The number of carbonyl (C=O) groups is 3. The summed E-state index contributed by atoms with van der Waals surface area (Å²) in [5, 5.41) is 18.7. The summed E-state index contributed by atoms with van der Waals surface area (Å²) in [5.74, 6) is -1.97. The van der Waals surface area contributed by atoms with E-state index >= 15 is 0 Å². The molecule has 3 aromatic rings. The molecule has 0 radical (unpaired) electrons. The largest absolute Gasteiger partial charge is 0.454 e. The Bertz CT molecular complexity index is 1200. The van der Waals surface area contributed by atoms with Crippen molar-refractivity contribution in [1.82, 2.24) is 15.1 Å². The van der Waals surface area contributed by atoms with Gasteiger partial charge in [0.1, 0.15) is 18.2 Å². The van der Waals surface area contributed by atoms with Crippen LogP contribution >= 0.6 is 23.2 Å². The van der Waals surface area contributed by atoms with Crippen molar-refractivity contribution >= 4 is 46.8 Å². The van der Waals surface area contributed by atoms with Crippen molar-refractivity contribution < 1.29 is 19.1 Å². The zero-order valence-corrected chi connectivity index (χ0v) is 17.9. The third-order valence-corrected chi connectivity index (χ3v) is 4.63. The molecule has 0 aliphatic carbocycles. The first-order chi connectivity index (χ1) is 15.4. The van der Waals surface area contributed by atoms with Gasteiger partial charge in [-0.3, -0.25) is 14.4 Å². The van der Waals surface area contributed by atoms with Crippen molar-refractivity contribution in [2.75, 3.05) is 18.5 Å². The number of aromatic nitrogens is 2. The van der Waals surface area contributed by atoms with Gasteiger partial charge in [0.15, 0.2) is 12.4 Å². The highest BCUT2D eigenvalue weighted by atomic mass is 35.5. The van der Waals surface area contributed by atoms with E-state index in [4.69, 9.17) is 27.9 Å². The average molecular weight is 472 g/mol. The van der Waals surface area contributed by atoms with Gasteiger partial charge in [0, 0.05) is 5.02 Å². The van der Waals surface area contributed by atoms with Crippen LogP contribution in [-0.2, 0) is 14.3 Å². The molecule has 0 fully saturated rings. The molecule has 0 saturated carbocycles. The second-order valence-corrected chi connectivity index (χ2v) is 7.13. The number of esters is 1. The SMILES string of the molecule is N#Cc1cnn(-c2ccccc2)c1NC(=O)COC(=O)CNC(=O)c1ccc(Cl)cc1Cl. The molecule has 2 N–H and O–H groups in total. The number of anilines is 1. The van der Waals surface area contributed by atoms with Gasteiger partial charge in [-0.05, 0) is 30.3 Å². The van der Waals surface area contributed by atoms with Gasteiger partial charge < -0.3 is 15.4 Å². The first-order valence-electron chi connectivity index (χ1n) is 9.11. The molecule has 9 nitrogen and oxygen atoms in total. The van der Waals surface area contributed by atoms with Gasteiger partial charge in [-0.15, -0.1) is 0 Å². The number of hydrogen-bond acceptors (Lipinski definition) is 6. The number of nitriles is 1. The number of hydrogen-bond donors (Lipinski definition) is 2. The van der Waals surface area contributed by atoms with E-state index in [1.54, 1.807) is 24.3 Å². The lowest BCUT2D eigenvalue weighted by molar-refractivity contribution is -0.146. The Morgan fingerprint density at radius 3 is 2.56 bits per heavy atom. The molecular weight excluding hydrogens is 457 g/mol. The lowest BCUT2D eigenvalue weighted by atomic mass is 10.2. The predicted octanol–water partition coefficient (Wildman–Crippen LogP) is 2.96. The number of halogens is 2. The molecule has 0 spiro atoms. The zero-order valence-electron chi connectivity index (χ0n) is 16.3. The quantitative estimate of drug-likeness (QED) is 0.510. The lowest BCUT2D eigenvalue weighted by Gasteiger charge is -2.10. The molecule has 0 unspecified atom stereocenters. The van der Waals surface area contributed by atoms with Gasteiger partial charge in [0.25, 0.3) is 11.8 Å². The van der Waals surface area contributed by atoms with Crippen LogP contribution in [0.2, 0.25) is 10.0 Å². The van der Waals surface area contributed by atoms with Crippen LogP contribution in [0.15, 0.2) is 54.7 Å². The summed E-state index contributed by atoms with van der Waals surface area (Å²) in [6.07, 6.45) is 1.31. The van der Waals surface area contributed by atoms with Gasteiger partial charge >= 0.3 is 5.97 Å². The second kappa shape index (κ2) is 10.4.